The normalized spacial score (nSPS) is 12.7. The molecule has 1 N–H and O–H groups in total. The van der Waals surface area contributed by atoms with Crippen molar-refractivity contribution < 1.29 is 17.4 Å². The van der Waals surface area contributed by atoms with Gasteiger partial charge in [0.2, 0.25) is 5.89 Å². The summed E-state index contributed by atoms with van der Waals surface area (Å²) in [4.78, 5) is 4.09. The van der Waals surface area contributed by atoms with Crippen molar-refractivity contribution in [3.63, 3.8) is 0 Å². The molecule has 0 fully saturated rings. The van der Waals surface area contributed by atoms with Crippen LogP contribution in [0, 0.1) is 0 Å². The van der Waals surface area contributed by atoms with E-state index in [0.29, 0.717) is 16.9 Å². The fourth-order valence-corrected chi connectivity index (χ4v) is 2.97. The first-order valence-electron chi connectivity index (χ1n) is 6.60. The van der Waals surface area contributed by atoms with Gasteiger partial charge in [-0.05, 0) is 17.3 Å². The highest BCUT2D eigenvalue weighted by atomic mass is 32.2. The Kier molecular flexibility index (Phi) is 3.21. The molecule has 3 rings (SSSR count). The first-order valence-corrected chi connectivity index (χ1v) is 8.09. The number of furan rings is 1. The number of aromatic nitrogens is 2. The van der Waals surface area contributed by atoms with Crippen molar-refractivity contribution >= 4 is 26.9 Å². The molecule has 0 aliphatic carbocycles. The lowest BCUT2D eigenvalue weighted by atomic mass is 9.97. The number of fused-ring (bicyclic) bond motifs is 1. The number of benzene rings is 1. The number of nitrogens with zero attached hydrogens (tertiary/aromatic N) is 2. The van der Waals surface area contributed by atoms with Gasteiger partial charge in [0.25, 0.3) is 16.0 Å². The molecule has 1 aromatic carbocycles. The number of rotatable bonds is 3. The van der Waals surface area contributed by atoms with E-state index in [0.717, 1.165) is 0 Å². The minimum Gasteiger partial charge on any atom is -0.463 e. The highest BCUT2D eigenvalue weighted by molar-refractivity contribution is 7.93. The number of hydrogen-bond donors (Lipinski definition) is 1. The van der Waals surface area contributed by atoms with Crippen molar-refractivity contribution in [1.29, 1.82) is 0 Å². The summed E-state index contributed by atoms with van der Waals surface area (Å²) in [7, 11) is -3.86. The van der Waals surface area contributed by atoms with Crippen molar-refractivity contribution in [2.75, 3.05) is 4.72 Å². The second kappa shape index (κ2) is 4.84. The molecule has 0 saturated heterocycles. The lowest BCUT2D eigenvalue weighted by Gasteiger charge is -2.10. The minimum atomic E-state index is -3.86. The summed E-state index contributed by atoms with van der Waals surface area (Å²) in [5, 5.41) is 4.15. The smallest absolute Gasteiger partial charge is 0.277 e. The van der Waals surface area contributed by atoms with Crippen molar-refractivity contribution in [2.45, 2.75) is 31.1 Å². The summed E-state index contributed by atoms with van der Waals surface area (Å²) in [6.45, 7) is 5.67. The van der Waals surface area contributed by atoms with E-state index in [1.807, 2.05) is 20.8 Å². The highest BCUT2D eigenvalue weighted by Crippen LogP contribution is 2.27. The highest BCUT2D eigenvalue weighted by Gasteiger charge is 2.25. The Morgan fingerprint density at radius 3 is 2.59 bits per heavy atom. The van der Waals surface area contributed by atoms with E-state index in [2.05, 4.69) is 14.9 Å². The van der Waals surface area contributed by atoms with E-state index in [9.17, 15) is 8.42 Å². The van der Waals surface area contributed by atoms with Crippen molar-refractivity contribution in [2.24, 2.45) is 0 Å². The Labute approximate surface area is 127 Å². The van der Waals surface area contributed by atoms with Gasteiger partial charge in [0.05, 0.1) is 0 Å². The van der Waals surface area contributed by atoms with E-state index >= 15 is 0 Å². The quantitative estimate of drug-likeness (QED) is 0.796. The Hall–Kier alpha value is -2.35. The van der Waals surface area contributed by atoms with Gasteiger partial charge in [0, 0.05) is 10.8 Å². The largest absolute Gasteiger partial charge is 0.463 e. The van der Waals surface area contributed by atoms with Gasteiger partial charge < -0.3 is 8.94 Å². The maximum Gasteiger partial charge on any atom is 0.277 e. The van der Waals surface area contributed by atoms with Gasteiger partial charge in [-0.15, -0.1) is 0 Å². The van der Waals surface area contributed by atoms with Gasteiger partial charge in [0.15, 0.2) is 0 Å². The molecule has 0 bridgehead atoms. The first-order chi connectivity index (χ1) is 10.3. The standard InChI is InChI=1S/C14H15N3O4S/c1-14(2,3)12-15-13(16-21-12)17-22(18,19)11-8-20-10-7-5-4-6-9(10)11/h4-8H,1-3H3,(H,16,17). The third-order valence-electron chi connectivity index (χ3n) is 3.03. The van der Waals surface area contributed by atoms with Crippen molar-refractivity contribution in [3.05, 3.63) is 36.4 Å². The van der Waals surface area contributed by atoms with Crippen LogP contribution in [0.1, 0.15) is 26.7 Å². The van der Waals surface area contributed by atoms with Gasteiger partial charge in [-0.25, -0.2) is 13.1 Å². The molecule has 0 amide bonds. The van der Waals surface area contributed by atoms with Gasteiger partial charge in [-0.1, -0.05) is 32.9 Å². The number of para-hydroxylation sites is 1. The molecule has 0 aliphatic rings. The van der Waals surface area contributed by atoms with Crippen LogP contribution in [-0.2, 0) is 15.4 Å². The first kappa shape index (κ1) is 14.6. The van der Waals surface area contributed by atoms with Crippen LogP contribution in [0.5, 0.6) is 0 Å². The van der Waals surface area contributed by atoms with Crippen LogP contribution in [0.3, 0.4) is 0 Å². The van der Waals surface area contributed by atoms with Crippen LogP contribution in [0.25, 0.3) is 11.0 Å². The van der Waals surface area contributed by atoms with Crippen molar-refractivity contribution in [3.8, 4) is 0 Å². The molecule has 0 unspecified atom stereocenters. The molecular weight excluding hydrogens is 306 g/mol. The van der Waals surface area contributed by atoms with E-state index in [4.69, 9.17) is 8.94 Å². The van der Waals surface area contributed by atoms with Gasteiger partial charge in [-0.3, -0.25) is 0 Å². The van der Waals surface area contributed by atoms with Crippen LogP contribution < -0.4 is 4.72 Å². The number of sulfonamides is 1. The molecule has 116 valence electrons. The average molecular weight is 321 g/mol. The SMILES string of the molecule is CC(C)(C)c1nc(NS(=O)(=O)c2coc3ccccc23)no1. The molecule has 2 heterocycles. The lowest BCUT2D eigenvalue weighted by Crippen LogP contribution is -2.15. The zero-order chi connectivity index (χ0) is 16.0. The summed E-state index contributed by atoms with van der Waals surface area (Å²) in [6.07, 6.45) is 1.19. The lowest BCUT2D eigenvalue weighted by molar-refractivity contribution is 0.321. The molecule has 0 radical (unpaired) electrons. The Bertz CT molecular complexity index is 919. The number of anilines is 1. The predicted molar refractivity (Wildman–Crippen MR) is 80.0 cm³/mol. The average Bonchev–Trinajstić information content (AvgIpc) is 3.03. The zero-order valence-corrected chi connectivity index (χ0v) is 13.1. The molecule has 8 heteroatoms. The molecule has 2 aromatic heterocycles. The molecule has 22 heavy (non-hydrogen) atoms. The van der Waals surface area contributed by atoms with Crippen LogP contribution in [0.2, 0.25) is 0 Å². The second-order valence-electron chi connectivity index (χ2n) is 5.87. The number of hydrogen-bond acceptors (Lipinski definition) is 6. The second-order valence-corrected chi connectivity index (χ2v) is 7.53. The molecule has 0 saturated carbocycles. The summed E-state index contributed by atoms with van der Waals surface area (Å²) >= 11 is 0. The predicted octanol–water partition coefficient (Wildman–Crippen LogP) is 2.91. The third-order valence-corrected chi connectivity index (χ3v) is 4.37. The Balaban J connectivity index is 1.96. The molecule has 7 nitrogen and oxygen atoms in total. The maximum atomic E-state index is 12.4. The van der Waals surface area contributed by atoms with E-state index < -0.39 is 10.0 Å². The molecule has 0 aliphatic heterocycles. The number of nitrogens with one attached hydrogen (secondary N) is 1. The van der Waals surface area contributed by atoms with E-state index in [-0.39, 0.29) is 16.3 Å². The summed E-state index contributed by atoms with van der Waals surface area (Å²) in [6, 6.07) is 6.87. The molecule has 0 atom stereocenters. The third kappa shape index (κ3) is 2.57. The van der Waals surface area contributed by atoms with Crippen LogP contribution >= 0.6 is 0 Å². The van der Waals surface area contributed by atoms with E-state index in [1.165, 1.54) is 6.26 Å². The van der Waals surface area contributed by atoms with Gasteiger partial charge >= 0.3 is 0 Å². The summed E-state index contributed by atoms with van der Waals surface area (Å²) < 4.78 is 37.5. The van der Waals surface area contributed by atoms with Gasteiger partial charge in [-0.2, -0.15) is 4.98 Å². The van der Waals surface area contributed by atoms with Crippen molar-refractivity contribution in [1.82, 2.24) is 10.1 Å². The van der Waals surface area contributed by atoms with Crippen LogP contribution in [0.4, 0.5) is 5.95 Å². The summed E-state index contributed by atoms with van der Waals surface area (Å²) in [5.41, 5.74) is 0.130. The topological polar surface area (TPSA) is 98.2 Å². The van der Waals surface area contributed by atoms with Gasteiger partial charge in [0.1, 0.15) is 16.7 Å². The summed E-state index contributed by atoms with van der Waals surface area (Å²) in [5.74, 6) is 0.248. The van der Waals surface area contributed by atoms with Crippen LogP contribution in [0.15, 0.2) is 44.4 Å². The maximum absolute atomic E-state index is 12.4. The molecular formula is C14H15N3O4S. The fourth-order valence-electron chi connectivity index (χ4n) is 1.91. The van der Waals surface area contributed by atoms with Crippen LogP contribution in [-0.4, -0.2) is 18.6 Å². The molecule has 3 aromatic rings. The Morgan fingerprint density at radius 2 is 1.91 bits per heavy atom. The molecule has 0 spiro atoms. The fraction of sp³-hybridized carbons (Fsp3) is 0.286. The zero-order valence-electron chi connectivity index (χ0n) is 12.3. The van der Waals surface area contributed by atoms with E-state index in [1.54, 1.807) is 24.3 Å². The minimum absolute atomic E-state index is 0.0326. The monoisotopic (exact) mass is 321 g/mol. The Morgan fingerprint density at radius 1 is 1.18 bits per heavy atom.